The lowest BCUT2D eigenvalue weighted by Gasteiger charge is -2.24. The Morgan fingerprint density at radius 2 is 1.95 bits per heavy atom. The lowest BCUT2D eigenvalue weighted by molar-refractivity contribution is -0.384. The van der Waals surface area contributed by atoms with E-state index in [0.717, 1.165) is 5.56 Å². The number of nitro groups is 1. The third kappa shape index (κ3) is 4.03. The van der Waals surface area contributed by atoms with Crippen molar-refractivity contribution in [1.82, 2.24) is 5.32 Å². The van der Waals surface area contributed by atoms with Gasteiger partial charge < -0.3 is 11.1 Å². The van der Waals surface area contributed by atoms with E-state index in [-0.39, 0.29) is 17.6 Å². The second kappa shape index (κ2) is 5.79. The molecule has 0 spiro atoms. The van der Waals surface area contributed by atoms with E-state index >= 15 is 0 Å². The number of rotatable bonds is 6. The zero-order valence-electron chi connectivity index (χ0n) is 11.3. The van der Waals surface area contributed by atoms with Crippen LogP contribution in [0.15, 0.2) is 24.3 Å². The molecule has 6 nitrogen and oxygen atoms in total. The van der Waals surface area contributed by atoms with Crippen LogP contribution in [0.25, 0.3) is 0 Å². The van der Waals surface area contributed by atoms with Gasteiger partial charge in [-0.3, -0.25) is 14.9 Å². The molecule has 0 unspecified atom stereocenters. The van der Waals surface area contributed by atoms with E-state index in [1.54, 1.807) is 26.0 Å². The van der Waals surface area contributed by atoms with Crippen molar-refractivity contribution >= 4 is 11.6 Å². The zero-order valence-corrected chi connectivity index (χ0v) is 11.3. The molecule has 0 radical (unpaired) electrons. The van der Waals surface area contributed by atoms with Gasteiger partial charge in [0.1, 0.15) is 0 Å². The summed E-state index contributed by atoms with van der Waals surface area (Å²) in [6, 6.07) is 6.32. The molecule has 1 atom stereocenters. The molecule has 0 saturated heterocycles. The molecular weight excluding hydrogens is 246 g/mol. The quantitative estimate of drug-likeness (QED) is 0.604. The third-order valence-electron chi connectivity index (χ3n) is 3.12. The van der Waals surface area contributed by atoms with Gasteiger partial charge in [-0.25, -0.2) is 0 Å². The predicted octanol–water partition coefficient (Wildman–Crippen LogP) is 1.76. The molecule has 0 fully saturated rings. The molecular formula is C13H19N3O3. The molecule has 0 aromatic heterocycles. The molecule has 0 aliphatic heterocycles. The number of nitro benzene ring substituents is 1. The van der Waals surface area contributed by atoms with Gasteiger partial charge in [-0.15, -0.1) is 0 Å². The van der Waals surface area contributed by atoms with Gasteiger partial charge in [0.25, 0.3) is 5.69 Å². The molecule has 0 heterocycles. The smallest absolute Gasteiger partial charge is 0.269 e. The molecule has 3 N–H and O–H groups in total. The number of carbonyl (C=O) groups is 1. The minimum absolute atomic E-state index is 0.0144. The van der Waals surface area contributed by atoms with Crippen LogP contribution < -0.4 is 11.1 Å². The molecule has 104 valence electrons. The lowest BCUT2D eigenvalue weighted by atomic mass is 9.92. The van der Waals surface area contributed by atoms with Crippen molar-refractivity contribution in [3.05, 3.63) is 39.9 Å². The Labute approximate surface area is 112 Å². The summed E-state index contributed by atoms with van der Waals surface area (Å²) >= 11 is 0. The van der Waals surface area contributed by atoms with E-state index in [0.29, 0.717) is 6.54 Å². The normalized spacial score (nSPS) is 13.0. The van der Waals surface area contributed by atoms with E-state index in [4.69, 9.17) is 5.73 Å². The van der Waals surface area contributed by atoms with Crippen LogP contribution in [0.3, 0.4) is 0 Å². The fourth-order valence-electron chi connectivity index (χ4n) is 1.50. The topological polar surface area (TPSA) is 98.3 Å². The SMILES string of the molecule is C[C@@H](NCC(C)(C)C(N)=O)c1ccc([N+](=O)[O-])cc1. The van der Waals surface area contributed by atoms with Crippen LogP contribution in [0.5, 0.6) is 0 Å². The maximum Gasteiger partial charge on any atom is 0.269 e. The maximum absolute atomic E-state index is 11.2. The predicted molar refractivity (Wildman–Crippen MR) is 72.5 cm³/mol. The number of nitrogens with one attached hydrogen (secondary N) is 1. The molecule has 0 aliphatic carbocycles. The number of amides is 1. The van der Waals surface area contributed by atoms with Crippen LogP contribution in [0.4, 0.5) is 5.69 Å². The van der Waals surface area contributed by atoms with Gasteiger partial charge in [0, 0.05) is 24.7 Å². The molecule has 6 heteroatoms. The Bertz CT molecular complexity index is 469. The Morgan fingerprint density at radius 1 is 1.42 bits per heavy atom. The number of primary amides is 1. The van der Waals surface area contributed by atoms with Crippen LogP contribution in [0.2, 0.25) is 0 Å². The fraction of sp³-hybridized carbons (Fsp3) is 0.462. The highest BCUT2D eigenvalue weighted by molar-refractivity contribution is 5.80. The van der Waals surface area contributed by atoms with Gasteiger partial charge in [-0.05, 0) is 26.3 Å². The number of carbonyl (C=O) groups excluding carboxylic acids is 1. The van der Waals surface area contributed by atoms with Gasteiger partial charge in [0.15, 0.2) is 0 Å². The average molecular weight is 265 g/mol. The van der Waals surface area contributed by atoms with Gasteiger partial charge >= 0.3 is 0 Å². The van der Waals surface area contributed by atoms with Crippen LogP contribution in [-0.4, -0.2) is 17.4 Å². The van der Waals surface area contributed by atoms with Crippen LogP contribution in [-0.2, 0) is 4.79 Å². The fourth-order valence-corrected chi connectivity index (χ4v) is 1.50. The van der Waals surface area contributed by atoms with Gasteiger partial charge in [0.05, 0.1) is 10.3 Å². The van der Waals surface area contributed by atoms with Crippen LogP contribution in [0.1, 0.15) is 32.4 Å². The van der Waals surface area contributed by atoms with Crippen molar-refractivity contribution in [3.8, 4) is 0 Å². The van der Waals surface area contributed by atoms with Crippen molar-refractivity contribution in [2.24, 2.45) is 11.1 Å². The van der Waals surface area contributed by atoms with Crippen molar-refractivity contribution in [1.29, 1.82) is 0 Å². The number of non-ortho nitro benzene ring substituents is 1. The van der Waals surface area contributed by atoms with Crippen LogP contribution in [0, 0.1) is 15.5 Å². The summed E-state index contributed by atoms with van der Waals surface area (Å²) in [6.45, 7) is 5.91. The number of nitrogens with two attached hydrogens (primary N) is 1. The Balaban J connectivity index is 2.66. The van der Waals surface area contributed by atoms with Crippen molar-refractivity contribution in [2.75, 3.05) is 6.54 Å². The molecule has 0 saturated carbocycles. The standard InChI is InChI=1S/C13H19N3O3/c1-9(15-8-13(2,3)12(14)17)10-4-6-11(7-5-10)16(18)19/h4-7,9,15H,8H2,1-3H3,(H2,14,17)/t9-/m1/s1. The summed E-state index contributed by atoms with van der Waals surface area (Å²) in [5.41, 5.74) is 5.65. The van der Waals surface area contributed by atoms with E-state index in [1.165, 1.54) is 12.1 Å². The summed E-state index contributed by atoms with van der Waals surface area (Å²) in [7, 11) is 0. The van der Waals surface area contributed by atoms with Gasteiger partial charge in [-0.1, -0.05) is 12.1 Å². The maximum atomic E-state index is 11.2. The van der Waals surface area contributed by atoms with Crippen molar-refractivity contribution in [3.63, 3.8) is 0 Å². The minimum atomic E-state index is -0.630. The third-order valence-corrected chi connectivity index (χ3v) is 3.12. The Morgan fingerprint density at radius 3 is 2.37 bits per heavy atom. The lowest BCUT2D eigenvalue weighted by Crippen LogP contribution is -2.41. The zero-order chi connectivity index (χ0) is 14.6. The van der Waals surface area contributed by atoms with E-state index in [9.17, 15) is 14.9 Å². The average Bonchev–Trinajstić information content (AvgIpc) is 2.36. The van der Waals surface area contributed by atoms with E-state index in [2.05, 4.69) is 5.32 Å². The highest BCUT2D eigenvalue weighted by Crippen LogP contribution is 2.19. The monoisotopic (exact) mass is 265 g/mol. The molecule has 1 aromatic carbocycles. The summed E-state index contributed by atoms with van der Waals surface area (Å²) < 4.78 is 0. The number of nitrogens with zero attached hydrogens (tertiary/aromatic N) is 1. The summed E-state index contributed by atoms with van der Waals surface area (Å²) in [6.07, 6.45) is 0. The van der Waals surface area contributed by atoms with Crippen molar-refractivity contribution < 1.29 is 9.72 Å². The Hall–Kier alpha value is -1.95. The molecule has 0 bridgehead atoms. The first kappa shape index (κ1) is 15.1. The van der Waals surface area contributed by atoms with Gasteiger partial charge in [0.2, 0.25) is 5.91 Å². The second-order valence-corrected chi connectivity index (χ2v) is 5.20. The summed E-state index contributed by atoms with van der Waals surface area (Å²) in [5.74, 6) is -0.365. The molecule has 19 heavy (non-hydrogen) atoms. The molecule has 1 aromatic rings. The minimum Gasteiger partial charge on any atom is -0.369 e. The Kier molecular flexibility index (Phi) is 4.61. The molecule has 1 rings (SSSR count). The van der Waals surface area contributed by atoms with Crippen molar-refractivity contribution in [2.45, 2.75) is 26.8 Å². The first-order chi connectivity index (χ1) is 8.74. The molecule has 0 aliphatic rings. The number of benzene rings is 1. The highest BCUT2D eigenvalue weighted by Gasteiger charge is 2.25. The number of hydrogen-bond acceptors (Lipinski definition) is 4. The van der Waals surface area contributed by atoms with E-state index < -0.39 is 10.3 Å². The highest BCUT2D eigenvalue weighted by atomic mass is 16.6. The molecule has 1 amide bonds. The number of hydrogen-bond donors (Lipinski definition) is 2. The first-order valence-electron chi connectivity index (χ1n) is 6.01. The summed E-state index contributed by atoms with van der Waals surface area (Å²) in [4.78, 5) is 21.3. The largest absolute Gasteiger partial charge is 0.369 e. The summed E-state index contributed by atoms with van der Waals surface area (Å²) in [5, 5.41) is 13.8. The van der Waals surface area contributed by atoms with Gasteiger partial charge in [-0.2, -0.15) is 0 Å². The second-order valence-electron chi connectivity index (χ2n) is 5.20. The first-order valence-corrected chi connectivity index (χ1v) is 6.01. The van der Waals surface area contributed by atoms with E-state index in [1.807, 2.05) is 6.92 Å². The van der Waals surface area contributed by atoms with Crippen LogP contribution >= 0.6 is 0 Å².